The van der Waals surface area contributed by atoms with Gasteiger partial charge in [-0.15, -0.1) is 6.58 Å². The monoisotopic (exact) mass is 298 g/mol. The van der Waals surface area contributed by atoms with Gasteiger partial charge in [0.1, 0.15) is 6.54 Å². The Morgan fingerprint density at radius 2 is 1.85 bits per heavy atom. The molecule has 20 heavy (non-hydrogen) atoms. The molecule has 0 aliphatic carbocycles. The summed E-state index contributed by atoms with van der Waals surface area (Å²) in [4.78, 5) is 21.8. The van der Waals surface area contributed by atoms with Gasteiger partial charge in [0.25, 0.3) is 5.91 Å². The van der Waals surface area contributed by atoms with Crippen molar-refractivity contribution in [2.45, 2.75) is 0 Å². The number of rotatable bonds is 7. The smallest absolute Gasteiger partial charge is 0.322 e. The second kappa shape index (κ2) is 6.71. The molecule has 0 heterocycles. The molecule has 1 amide bonds. The van der Waals surface area contributed by atoms with Crippen molar-refractivity contribution >= 4 is 27.6 Å². The van der Waals surface area contributed by atoms with Crippen molar-refractivity contribution in [1.29, 1.82) is 0 Å². The Hall–Kier alpha value is -2.35. The van der Waals surface area contributed by atoms with Crippen molar-refractivity contribution in [2.75, 3.05) is 17.0 Å². The third-order valence-corrected chi connectivity index (χ3v) is 3.38. The van der Waals surface area contributed by atoms with Gasteiger partial charge in [-0.1, -0.05) is 6.08 Å². The minimum atomic E-state index is -3.49. The van der Waals surface area contributed by atoms with Crippen LogP contribution in [0, 0.1) is 0 Å². The van der Waals surface area contributed by atoms with Crippen molar-refractivity contribution in [2.24, 2.45) is 0 Å². The van der Waals surface area contributed by atoms with Gasteiger partial charge < -0.3 is 10.4 Å². The van der Waals surface area contributed by atoms with Gasteiger partial charge in [0.2, 0.25) is 10.0 Å². The number of carboxylic acids is 1. The Morgan fingerprint density at radius 3 is 2.35 bits per heavy atom. The van der Waals surface area contributed by atoms with Crippen molar-refractivity contribution < 1.29 is 23.1 Å². The molecule has 108 valence electrons. The number of hydrogen-bond acceptors (Lipinski definition) is 4. The molecule has 1 aromatic carbocycles. The molecule has 1 aromatic rings. The Balaban J connectivity index is 2.71. The van der Waals surface area contributed by atoms with E-state index >= 15 is 0 Å². The zero-order valence-electron chi connectivity index (χ0n) is 10.5. The van der Waals surface area contributed by atoms with E-state index in [1.54, 1.807) is 0 Å². The second-order valence-electron chi connectivity index (χ2n) is 3.83. The van der Waals surface area contributed by atoms with Gasteiger partial charge in [0.05, 0.1) is 5.75 Å². The lowest BCUT2D eigenvalue weighted by Gasteiger charge is -2.07. The summed E-state index contributed by atoms with van der Waals surface area (Å²) < 4.78 is 25.2. The van der Waals surface area contributed by atoms with Crippen molar-refractivity contribution in [3.63, 3.8) is 0 Å². The summed E-state index contributed by atoms with van der Waals surface area (Å²) in [5.41, 5.74) is 0.541. The first kappa shape index (κ1) is 15.7. The zero-order chi connectivity index (χ0) is 15.2. The second-order valence-corrected chi connectivity index (χ2v) is 5.59. The molecule has 0 fully saturated rings. The van der Waals surface area contributed by atoms with Crippen LogP contribution in [0.5, 0.6) is 0 Å². The summed E-state index contributed by atoms with van der Waals surface area (Å²) in [5, 5.41) is 10.6. The lowest BCUT2D eigenvalue weighted by molar-refractivity contribution is -0.135. The summed E-state index contributed by atoms with van der Waals surface area (Å²) >= 11 is 0. The van der Waals surface area contributed by atoms with E-state index in [1.165, 1.54) is 30.3 Å². The Kier molecular flexibility index (Phi) is 5.27. The summed E-state index contributed by atoms with van der Waals surface area (Å²) in [7, 11) is -3.49. The van der Waals surface area contributed by atoms with E-state index in [-0.39, 0.29) is 11.3 Å². The SMILES string of the molecule is C=CCS(=O)(=O)Nc1ccc(C(=O)NCC(=O)O)cc1. The molecule has 0 aliphatic rings. The number of hydrogen-bond donors (Lipinski definition) is 3. The molecule has 1 rings (SSSR count). The normalized spacial score (nSPS) is 10.6. The Labute approximate surface area is 116 Å². The predicted molar refractivity (Wildman–Crippen MR) is 74.0 cm³/mol. The molecule has 3 N–H and O–H groups in total. The van der Waals surface area contributed by atoms with Gasteiger partial charge in [0, 0.05) is 11.3 Å². The van der Waals surface area contributed by atoms with E-state index in [9.17, 15) is 18.0 Å². The van der Waals surface area contributed by atoms with E-state index in [2.05, 4.69) is 16.6 Å². The van der Waals surface area contributed by atoms with Crippen LogP contribution in [0.25, 0.3) is 0 Å². The van der Waals surface area contributed by atoms with Gasteiger partial charge in [0.15, 0.2) is 0 Å². The van der Waals surface area contributed by atoms with Gasteiger partial charge in [-0.25, -0.2) is 8.42 Å². The largest absolute Gasteiger partial charge is 0.480 e. The van der Waals surface area contributed by atoms with Crippen LogP contribution in [-0.4, -0.2) is 37.7 Å². The fraction of sp³-hybridized carbons (Fsp3) is 0.167. The first-order valence-corrected chi connectivity index (χ1v) is 7.21. The van der Waals surface area contributed by atoms with Crippen LogP contribution in [0.2, 0.25) is 0 Å². The highest BCUT2D eigenvalue weighted by molar-refractivity contribution is 7.92. The van der Waals surface area contributed by atoms with Crippen molar-refractivity contribution in [1.82, 2.24) is 5.32 Å². The number of carbonyl (C=O) groups is 2. The number of aliphatic carboxylic acids is 1. The van der Waals surface area contributed by atoms with E-state index in [0.29, 0.717) is 5.69 Å². The van der Waals surface area contributed by atoms with E-state index < -0.39 is 28.4 Å². The minimum Gasteiger partial charge on any atom is -0.480 e. The number of benzene rings is 1. The summed E-state index contributed by atoms with van der Waals surface area (Å²) in [6.45, 7) is 2.86. The number of anilines is 1. The maximum absolute atomic E-state index is 11.5. The van der Waals surface area contributed by atoms with E-state index in [4.69, 9.17) is 5.11 Å². The molecule has 7 nitrogen and oxygen atoms in total. The number of carboxylic acid groups (broad SMARTS) is 1. The molecule has 0 unspecified atom stereocenters. The van der Waals surface area contributed by atoms with E-state index in [0.717, 1.165) is 0 Å². The summed E-state index contributed by atoms with van der Waals surface area (Å²) in [6, 6.07) is 5.61. The zero-order valence-corrected chi connectivity index (χ0v) is 11.3. The molecule has 0 aromatic heterocycles. The van der Waals surface area contributed by atoms with Crippen LogP contribution in [-0.2, 0) is 14.8 Å². The lowest BCUT2D eigenvalue weighted by Crippen LogP contribution is -2.29. The fourth-order valence-electron chi connectivity index (χ4n) is 1.32. The molecule has 0 saturated carbocycles. The standard InChI is InChI=1S/C12H14N2O5S/c1-2-7-20(18,19)14-10-5-3-9(4-6-10)12(17)13-8-11(15)16/h2-6,14H,1,7-8H2,(H,13,17)(H,15,16). The van der Waals surface area contributed by atoms with Crippen molar-refractivity contribution in [3.05, 3.63) is 42.5 Å². The predicted octanol–water partition coefficient (Wildman–Crippen LogP) is 0.429. The van der Waals surface area contributed by atoms with Gasteiger partial charge in [-0.2, -0.15) is 0 Å². The van der Waals surface area contributed by atoms with Crippen LogP contribution in [0.1, 0.15) is 10.4 Å². The lowest BCUT2D eigenvalue weighted by atomic mass is 10.2. The maximum Gasteiger partial charge on any atom is 0.322 e. The molecule has 0 bridgehead atoms. The first-order valence-electron chi connectivity index (χ1n) is 5.55. The van der Waals surface area contributed by atoms with Crippen LogP contribution in [0.3, 0.4) is 0 Å². The molecular formula is C12H14N2O5S. The van der Waals surface area contributed by atoms with Crippen LogP contribution in [0.4, 0.5) is 5.69 Å². The topological polar surface area (TPSA) is 113 Å². The average Bonchev–Trinajstić information content (AvgIpc) is 2.36. The summed E-state index contributed by atoms with van der Waals surface area (Å²) in [5.74, 6) is -1.91. The first-order chi connectivity index (χ1) is 9.34. The molecule has 8 heteroatoms. The molecule has 0 aliphatic heterocycles. The van der Waals surface area contributed by atoms with Crippen LogP contribution in [0.15, 0.2) is 36.9 Å². The number of carbonyl (C=O) groups excluding carboxylic acids is 1. The third-order valence-electron chi connectivity index (χ3n) is 2.16. The number of nitrogens with one attached hydrogen (secondary N) is 2. The highest BCUT2D eigenvalue weighted by atomic mass is 32.2. The minimum absolute atomic E-state index is 0.214. The Bertz CT molecular complexity index is 607. The van der Waals surface area contributed by atoms with Gasteiger partial charge in [-0.05, 0) is 24.3 Å². The van der Waals surface area contributed by atoms with Crippen LogP contribution < -0.4 is 10.0 Å². The number of sulfonamides is 1. The van der Waals surface area contributed by atoms with Gasteiger partial charge >= 0.3 is 5.97 Å². The van der Waals surface area contributed by atoms with Crippen LogP contribution >= 0.6 is 0 Å². The summed E-state index contributed by atoms with van der Waals surface area (Å²) in [6.07, 6.45) is 1.26. The average molecular weight is 298 g/mol. The highest BCUT2D eigenvalue weighted by Gasteiger charge is 2.10. The highest BCUT2D eigenvalue weighted by Crippen LogP contribution is 2.11. The molecule has 0 atom stereocenters. The maximum atomic E-state index is 11.5. The molecular weight excluding hydrogens is 284 g/mol. The van der Waals surface area contributed by atoms with Gasteiger partial charge in [-0.3, -0.25) is 14.3 Å². The molecule has 0 radical (unpaired) electrons. The molecule has 0 spiro atoms. The van der Waals surface area contributed by atoms with E-state index in [1.807, 2.05) is 0 Å². The Morgan fingerprint density at radius 1 is 1.25 bits per heavy atom. The fourth-order valence-corrected chi connectivity index (χ4v) is 2.21. The molecule has 0 saturated heterocycles. The number of amides is 1. The quantitative estimate of drug-likeness (QED) is 0.632. The third kappa shape index (κ3) is 5.11. The van der Waals surface area contributed by atoms with Crippen molar-refractivity contribution in [3.8, 4) is 0 Å².